The third kappa shape index (κ3) is 3.99. The molecule has 0 radical (unpaired) electrons. The van der Waals surface area contributed by atoms with Gasteiger partial charge in [-0.15, -0.1) is 0 Å². The fraction of sp³-hybridized carbons (Fsp3) is 0.148. The topological polar surface area (TPSA) is 29.1 Å². The Morgan fingerprint density at radius 2 is 1.81 bits per heavy atom. The molecule has 5 rings (SSSR count). The molecule has 160 valence electrons. The lowest BCUT2D eigenvalue weighted by Gasteiger charge is -2.37. The Morgan fingerprint density at radius 3 is 2.62 bits per heavy atom. The normalized spacial score (nSPS) is 21.3. The van der Waals surface area contributed by atoms with Crippen LogP contribution in [0.4, 0.5) is 5.69 Å². The molecule has 0 bridgehead atoms. The molecule has 1 heterocycles. The quantitative estimate of drug-likeness (QED) is 0.231. The van der Waals surface area contributed by atoms with Gasteiger partial charge in [-0.25, -0.2) is 0 Å². The molecule has 0 spiro atoms. The van der Waals surface area contributed by atoms with Gasteiger partial charge in [-0.3, -0.25) is 4.79 Å². The Labute approximate surface area is 202 Å². The van der Waals surface area contributed by atoms with Gasteiger partial charge in [-0.1, -0.05) is 71.2 Å². The number of allylic oxidation sites excluding steroid dienone is 3. The van der Waals surface area contributed by atoms with E-state index >= 15 is 0 Å². The largest absolute Gasteiger partial charge is 0.378 e. The van der Waals surface area contributed by atoms with Gasteiger partial charge < -0.3 is 5.32 Å². The first-order chi connectivity index (χ1) is 15.5. The van der Waals surface area contributed by atoms with E-state index in [2.05, 4.69) is 29.6 Å². The number of benzene rings is 3. The van der Waals surface area contributed by atoms with E-state index in [9.17, 15) is 4.79 Å². The molecule has 1 aliphatic heterocycles. The van der Waals surface area contributed by atoms with Gasteiger partial charge in [-0.05, 0) is 77.6 Å². The fourth-order valence-electron chi connectivity index (χ4n) is 4.66. The molecule has 0 aromatic heterocycles. The van der Waals surface area contributed by atoms with Crippen LogP contribution in [0.25, 0.3) is 6.08 Å². The highest BCUT2D eigenvalue weighted by molar-refractivity contribution is 6.43. The summed E-state index contributed by atoms with van der Waals surface area (Å²) in [7, 11) is 0. The summed E-state index contributed by atoms with van der Waals surface area (Å²) in [6, 6.07) is 19.5. The molecular weight excluding hydrogens is 461 g/mol. The molecule has 2 aliphatic rings. The number of rotatable bonds is 4. The Morgan fingerprint density at radius 1 is 1.00 bits per heavy atom. The summed E-state index contributed by atoms with van der Waals surface area (Å²) in [4.78, 5) is 12.9. The van der Waals surface area contributed by atoms with Crippen LogP contribution >= 0.6 is 34.8 Å². The van der Waals surface area contributed by atoms with Crippen LogP contribution in [0.15, 0.2) is 78.9 Å². The maximum absolute atomic E-state index is 12.9. The van der Waals surface area contributed by atoms with Crippen LogP contribution in [0.3, 0.4) is 0 Å². The smallest absolute Gasteiger partial charge is 0.185 e. The molecule has 3 atom stereocenters. The predicted octanol–water partition coefficient (Wildman–Crippen LogP) is 8.37. The van der Waals surface area contributed by atoms with Crippen molar-refractivity contribution in [2.75, 3.05) is 5.32 Å². The summed E-state index contributed by atoms with van der Waals surface area (Å²) >= 11 is 18.4. The number of hydrogen-bond acceptors (Lipinski definition) is 2. The zero-order valence-corrected chi connectivity index (χ0v) is 19.3. The molecule has 0 saturated carbocycles. The molecular formula is C27H20Cl3NO. The Kier molecular flexibility index (Phi) is 5.86. The van der Waals surface area contributed by atoms with Crippen molar-refractivity contribution in [2.24, 2.45) is 5.92 Å². The van der Waals surface area contributed by atoms with Crippen molar-refractivity contribution < 1.29 is 4.79 Å². The highest BCUT2D eigenvalue weighted by Crippen LogP contribution is 2.50. The van der Waals surface area contributed by atoms with Gasteiger partial charge in [0.25, 0.3) is 0 Å². The molecule has 1 aliphatic carbocycles. The number of anilines is 1. The summed E-state index contributed by atoms with van der Waals surface area (Å²) in [5.74, 6) is 0.600. The number of fused-ring (bicyclic) bond motifs is 3. The van der Waals surface area contributed by atoms with Crippen molar-refractivity contribution in [3.8, 4) is 0 Å². The van der Waals surface area contributed by atoms with Crippen LogP contribution in [-0.4, -0.2) is 5.78 Å². The Bertz CT molecular complexity index is 1250. The lowest BCUT2D eigenvalue weighted by Crippen LogP contribution is -2.29. The van der Waals surface area contributed by atoms with Crippen molar-refractivity contribution >= 4 is 52.3 Å². The van der Waals surface area contributed by atoms with Crippen LogP contribution in [0.5, 0.6) is 0 Å². The first-order valence-corrected chi connectivity index (χ1v) is 11.6. The molecule has 0 unspecified atom stereocenters. The number of ketones is 1. The van der Waals surface area contributed by atoms with Crippen LogP contribution in [0.2, 0.25) is 15.1 Å². The van der Waals surface area contributed by atoms with E-state index in [1.165, 1.54) is 5.56 Å². The molecule has 0 amide bonds. The molecule has 3 aromatic rings. The summed E-state index contributed by atoms with van der Waals surface area (Å²) in [6.45, 7) is 0. The molecule has 32 heavy (non-hydrogen) atoms. The van der Waals surface area contributed by atoms with Crippen LogP contribution in [-0.2, 0) is 0 Å². The first kappa shape index (κ1) is 21.3. The van der Waals surface area contributed by atoms with Gasteiger partial charge in [0.05, 0.1) is 16.1 Å². The maximum Gasteiger partial charge on any atom is 0.185 e. The van der Waals surface area contributed by atoms with Crippen molar-refractivity contribution in [2.45, 2.75) is 18.4 Å². The van der Waals surface area contributed by atoms with Gasteiger partial charge >= 0.3 is 0 Å². The van der Waals surface area contributed by atoms with Gasteiger partial charge in [0.1, 0.15) is 0 Å². The Balaban J connectivity index is 1.43. The van der Waals surface area contributed by atoms with Crippen molar-refractivity contribution in [3.05, 3.63) is 116 Å². The van der Waals surface area contributed by atoms with Gasteiger partial charge in [-0.2, -0.15) is 0 Å². The molecule has 1 N–H and O–H groups in total. The minimum absolute atomic E-state index is 0.0674. The number of carbonyl (C=O) groups is 1. The standard InChI is InChI=1S/C27H20Cl3NO/c28-19-11-7-17(8-12-19)27-21-5-2-4-20(21)22-15-18(9-13-24(22)31-27)25(32)14-10-16-3-1-6-23(29)26(16)30/h1-4,6-15,20-21,27,31H,5H2/b14-10+/t20-,21+,27-/m0/s1. The molecule has 5 heteroatoms. The molecule has 0 fully saturated rings. The van der Waals surface area contributed by atoms with Gasteiger partial charge in [0.2, 0.25) is 0 Å². The van der Waals surface area contributed by atoms with Crippen molar-refractivity contribution in [1.29, 1.82) is 0 Å². The van der Waals surface area contributed by atoms with E-state index in [0.717, 1.165) is 28.3 Å². The SMILES string of the molecule is O=C(/C=C/c1cccc(Cl)c1Cl)c1ccc2c(c1)[C@H]1C=CC[C@H]1[C@H](c1ccc(Cl)cc1)N2. The third-order valence-corrected chi connectivity index (χ3v) is 7.36. The average Bonchev–Trinajstić information content (AvgIpc) is 3.30. The van der Waals surface area contributed by atoms with Crippen molar-refractivity contribution in [3.63, 3.8) is 0 Å². The Hall–Kier alpha value is -2.52. The average molecular weight is 481 g/mol. The first-order valence-electron chi connectivity index (χ1n) is 10.5. The number of hydrogen-bond donors (Lipinski definition) is 1. The minimum atomic E-state index is -0.0674. The number of carbonyl (C=O) groups excluding carboxylic acids is 1. The number of nitrogens with one attached hydrogen (secondary N) is 1. The summed E-state index contributed by atoms with van der Waals surface area (Å²) < 4.78 is 0. The summed E-state index contributed by atoms with van der Waals surface area (Å²) in [5.41, 5.74) is 4.83. The number of halogens is 3. The van der Waals surface area contributed by atoms with Gasteiger partial charge in [0, 0.05) is 22.2 Å². The highest BCUT2D eigenvalue weighted by Gasteiger charge is 2.38. The predicted molar refractivity (Wildman–Crippen MR) is 134 cm³/mol. The highest BCUT2D eigenvalue weighted by atomic mass is 35.5. The second-order valence-corrected chi connectivity index (χ2v) is 9.39. The third-order valence-electron chi connectivity index (χ3n) is 6.27. The summed E-state index contributed by atoms with van der Waals surface area (Å²) in [6.07, 6.45) is 8.76. The fourth-order valence-corrected chi connectivity index (χ4v) is 5.16. The zero-order valence-electron chi connectivity index (χ0n) is 17.1. The van der Waals surface area contributed by atoms with Crippen LogP contribution in [0.1, 0.15) is 45.4 Å². The summed E-state index contributed by atoms with van der Waals surface area (Å²) in [5, 5.41) is 5.35. The van der Waals surface area contributed by atoms with E-state index in [1.807, 2.05) is 42.5 Å². The van der Waals surface area contributed by atoms with E-state index < -0.39 is 0 Å². The van der Waals surface area contributed by atoms with Crippen LogP contribution in [0, 0.1) is 5.92 Å². The zero-order chi connectivity index (χ0) is 22.2. The van der Waals surface area contributed by atoms with E-state index in [1.54, 1.807) is 18.2 Å². The second kappa shape index (κ2) is 8.78. The monoisotopic (exact) mass is 479 g/mol. The lowest BCUT2D eigenvalue weighted by atomic mass is 9.76. The second-order valence-electron chi connectivity index (χ2n) is 8.17. The van der Waals surface area contributed by atoms with Crippen molar-refractivity contribution in [1.82, 2.24) is 0 Å². The van der Waals surface area contributed by atoms with Crippen LogP contribution < -0.4 is 5.32 Å². The minimum Gasteiger partial charge on any atom is -0.378 e. The lowest BCUT2D eigenvalue weighted by molar-refractivity contribution is 0.104. The van der Waals surface area contributed by atoms with Gasteiger partial charge in [0.15, 0.2) is 5.78 Å². The van der Waals surface area contributed by atoms with E-state index in [-0.39, 0.29) is 17.7 Å². The maximum atomic E-state index is 12.9. The molecule has 3 aromatic carbocycles. The van der Waals surface area contributed by atoms with E-state index in [4.69, 9.17) is 34.8 Å². The molecule has 0 saturated heterocycles. The van der Waals surface area contributed by atoms with E-state index in [0.29, 0.717) is 21.5 Å². The molecule has 2 nitrogen and oxygen atoms in total.